The molecule has 2 aliphatic rings. The van der Waals surface area contributed by atoms with Gasteiger partial charge in [-0.15, -0.1) is 3.63 Å². The summed E-state index contributed by atoms with van der Waals surface area (Å²) in [5.41, 5.74) is 0. The van der Waals surface area contributed by atoms with Crippen molar-refractivity contribution in [2.45, 2.75) is 14.7 Å². The molecule has 0 fully saturated rings. The normalized spacial score (nSPS) is 21.6. The van der Waals surface area contributed by atoms with Crippen molar-refractivity contribution in [3.8, 4) is 11.5 Å². The number of fused-ring (bicyclic) bond motifs is 2. The second kappa shape index (κ2) is 4.65. The van der Waals surface area contributed by atoms with Crippen LogP contribution in [0.1, 0.15) is 0 Å². The van der Waals surface area contributed by atoms with Gasteiger partial charge in [0.1, 0.15) is 14.7 Å². The molecule has 0 unspecified atom stereocenters. The van der Waals surface area contributed by atoms with Gasteiger partial charge in [0.15, 0.2) is 11.5 Å². The molecular weight excluding hydrogens is 440 g/mol. The predicted molar refractivity (Wildman–Crippen MR) is 79.4 cm³/mol. The molecule has 2 aromatic rings. The molecule has 0 amide bonds. The van der Waals surface area contributed by atoms with Gasteiger partial charge in [-0.1, -0.05) is 0 Å². The first-order valence-electron chi connectivity index (χ1n) is 6.19. The van der Waals surface area contributed by atoms with E-state index in [2.05, 4.69) is 12.0 Å². The average molecular weight is 444 g/mol. The zero-order valence-corrected chi connectivity index (χ0v) is 15.1. The molecule has 16 heteroatoms. The van der Waals surface area contributed by atoms with Gasteiger partial charge in [-0.2, -0.15) is 33.7 Å². The zero-order chi connectivity index (χ0) is 19.3. The first-order valence-corrected chi connectivity index (χ1v) is 11.8. The minimum atomic E-state index is -5.01. The number of hydrogen-bond donors (Lipinski definition) is 1. The SMILES string of the molecule is O=S1(=O)Oc2c(cc3c4c(c(S(=O)(=O)O)ccc24)OS3(=O)=O)S(=O)(=O)O1. The van der Waals surface area contributed by atoms with Crippen LogP contribution in [0.4, 0.5) is 0 Å². The second-order valence-electron chi connectivity index (χ2n) is 5.04. The van der Waals surface area contributed by atoms with E-state index in [-0.39, 0.29) is 0 Å². The molecule has 140 valence electrons. The van der Waals surface area contributed by atoms with Crippen LogP contribution in [0.25, 0.3) is 10.8 Å². The third-order valence-electron chi connectivity index (χ3n) is 3.47. The molecule has 0 spiro atoms. The summed E-state index contributed by atoms with van der Waals surface area (Å²) in [5.74, 6) is -1.61. The lowest BCUT2D eigenvalue weighted by Gasteiger charge is -2.18. The summed E-state index contributed by atoms with van der Waals surface area (Å²) in [7, 11) is -19.5. The molecular formula is C10H4O12S4. The molecule has 0 radical (unpaired) electrons. The van der Waals surface area contributed by atoms with E-state index in [9.17, 15) is 38.2 Å². The van der Waals surface area contributed by atoms with E-state index in [0.717, 1.165) is 6.07 Å². The highest BCUT2D eigenvalue weighted by molar-refractivity contribution is 7.98. The number of hydrogen-bond acceptors (Lipinski definition) is 11. The van der Waals surface area contributed by atoms with Crippen LogP contribution in [0.5, 0.6) is 11.5 Å². The van der Waals surface area contributed by atoms with Crippen LogP contribution >= 0.6 is 0 Å². The summed E-state index contributed by atoms with van der Waals surface area (Å²) < 4.78 is 116. The Bertz CT molecular complexity index is 1450. The van der Waals surface area contributed by atoms with E-state index >= 15 is 0 Å². The molecule has 0 atom stereocenters. The maximum absolute atomic E-state index is 12.1. The van der Waals surface area contributed by atoms with Crippen LogP contribution in [-0.4, -0.2) is 38.2 Å². The Morgan fingerprint density at radius 1 is 0.846 bits per heavy atom. The first kappa shape index (κ1) is 17.4. The molecule has 2 aromatic carbocycles. The molecule has 2 heterocycles. The molecule has 1 N–H and O–H groups in total. The Morgan fingerprint density at radius 3 is 2.12 bits per heavy atom. The standard InChI is InChI=1S/C10H4O12S4/c11-23(12,13)5-2-1-4-8-6(24(14,15)20-10(5)8)3-7-9(4)21-26(18,19)22-25(7,16)17/h1-3H,(H,11,12,13). The van der Waals surface area contributed by atoms with Crippen molar-refractivity contribution in [1.82, 2.24) is 0 Å². The lowest BCUT2D eigenvalue weighted by Crippen LogP contribution is -2.25. The maximum atomic E-state index is 12.1. The zero-order valence-electron chi connectivity index (χ0n) is 11.8. The third kappa shape index (κ3) is 2.30. The summed E-state index contributed by atoms with van der Waals surface area (Å²) >= 11 is 0. The van der Waals surface area contributed by atoms with Crippen molar-refractivity contribution >= 4 is 51.5 Å². The van der Waals surface area contributed by atoms with Gasteiger partial charge in [0.2, 0.25) is 0 Å². The van der Waals surface area contributed by atoms with Gasteiger partial charge >= 0.3 is 30.6 Å². The van der Waals surface area contributed by atoms with Crippen molar-refractivity contribution in [2.24, 2.45) is 0 Å². The van der Waals surface area contributed by atoms with Gasteiger partial charge in [0.25, 0.3) is 10.1 Å². The highest BCUT2D eigenvalue weighted by Crippen LogP contribution is 2.50. The molecule has 2 aliphatic heterocycles. The Hall–Kier alpha value is -1.98. The number of rotatable bonds is 1. The summed E-state index contributed by atoms with van der Waals surface area (Å²) in [4.78, 5) is -2.58. The quantitative estimate of drug-likeness (QED) is 0.440. The van der Waals surface area contributed by atoms with Crippen molar-refractivity contribution in [3.63, 3.8) is 0 Å². The fourth-order valence-electron chi connectivity index (χ4n) is 2.56. The van der Waals surface area contributed by atoms with Crippen LogP contribution in [-0.2, 0) is 44.4 Å². The molecule has 0 aromatic heterocycles. The monoisotopic (exact) mass is 444 g/mol. The Kier molecular flexibility index (Phi) is 3.11. The smallest absolute Gasteiger partial charge is 0.377 e. The predicted octanol–water partition coefficient (Wildman–Crippen LogP) is -0.490. The van der Waals surface area contributed by atoms with Crippen molar-refractivity contribution < 1.29 is 50.2 Å². The molecule has 0 saturated heterocycles. The number of benzene rings is 2. The van der Waals surface area contributed by atoms with Crippen molar-refractivity contribution in [1.29, 1.82) is 0 Å². The highest BCUT2D eigenvalue weighted by Gasteiger charge is 2.44. The average Bonchev–Trinajstić information content (AvgIpc) is 2.69. The van der Waals surface area contributed by atoms with Gasteiger partial charge in [0, 0.05) is 5.39 Å². The van der Waals surface area contributed by atoms with Gasteiger partial charge in [-0.05, 0) is 18.2 Å². The Balaban J connectivity index is 2.28. The minimum Gasteiger partial charge on any atom is -0.377 e. The molecule has 0 bridgehead atoms. The summed E-state index contributed by atoms with van der Waals surface area (Å²) in [6.07, 6.45) is 0. The second-order valence-corrected chi connectivity index (χ2v) is 10.8. The van der Waals surface area contributed by atoms with E-state index in [1.165, 1.54) is 0 Å². The van der Waals surface area contributed by atoms with Crippen LogP contribution in [0.3, 0.4) is 0 Å². The largest absolute Gasteiger partial charge is 0.464 e. The van der Waals surface area contributed by atoms with Gasteiger partial charge < -0.3 is 8.37 Å². The third-order valence-corrected chi connectivity index (χ3v) is 8.19. The van der Waals surface area contributed by atoms with Gasteiger partial charge in [-0.3, -0.25) is 4.55 Å². The van der Waals surface area contributed by atoms with Crippen molar-refractivity contribution in [2.75, 3.05) is 0 Å². The van der Waals surface area contributed by atoms with E-state index in [4.69, 9.17) is 0 Å². The van der Waals surface area contributed by atoms with E-state index in [0.29, 0.717) is 12.1 Å². The minimum absolute atomic E-state index is 0.392. The fraction of sp³-hybridized carbons (Fsp3) is 0. The summed E-state index contributed by atoms with van der Waals surface area (Å²) in [6.45, 7) is 0. The highest BCUT2D eigenvalue weighted by atomic mass is 32.3. The van der Waals surface area contributed by atoms with E-state index in [1.54, 1.807) is 0 Å². The molecule has 0 aliphatic carbocycles. The first-order chi connectivity index (χ1) is 11.7. The van der Waals surface area contributed by atoms with E-state index in [1.807, 2.05) is 0 Å². The molecule has 4 rings (SSSR count). The van der Waals surface area contributed by atoms with Crippen LogP contribution in [0.15, 0.2) is 32.9 Å². The topological polar surface area (TPSA) is 184 Å². The molecule has 26 heavy (non-hydrogen) atoms. The summed E-state index contributed by atoms with van der Waals surface area (Å²) in [6, 6.07) is 2.09. The lowest BCUT2D eigenvalue weighted by molar-refractivity contribution is 0.370. The van der Waals surface area contributed by atoms with Crippen LogP contribution < -0.4 is 8.37 Å². The van der Waals surface area contributed by atoms with Crippen LogP contribution in [0, 0.1) is 0 Å². The molecule has 12 nitrogen and oxygen atoms in total. The van der Waals surface area contributed by atoms with Crippen molar-refractivity contribution in [3.05, 3.63) is 18.2 Å². The Labute approximate surface area is 146 Å². The van der Waals surface area contributed by atoms with Gasteiger partial charge in [-0.25, -0.2) is 0 Å². The lowest BCUT2D eigenvalue weighted by atomic mass is 10.1. The fourth-order valence-corrected chi connectivity index (χ4v) is 6.86. The maximum Gasteiger partial charge on any atom is 0.464 e. The van der Waals surface area contributed by atoms with E-state index < -0.39 is 77.7 Å². The summed E-state index contributed by atoms with van der Waals surface area (Å²) in [5, 5.41) is -0.859. The Morgan fingerprint density at radius 2 is 1.50 bits per heavy atom. The van der Waals surface area contributed by atoms with Gasteiger partial charge in [0.05, 0.1) is 5.39 Å². The molecule has 0 saturated carbocycles. The van der Waals surface area contributed by atoms with Crippen LogP contribution in [0.2, 0.25) is 0 Å².